The number of nitrogens with zero attached hydrogens (tertiary/aromatic N) is 2. The lowest BCUT2D eigenvalue weighted by molar-refractivity contribution is -0.130. The summed E-state index contributed by atoms with van der Waals surface area (Å²) in [5.41, 5.74) is 2.22. The van der Waals surface area contributed by atoms with Crippen LogP contribution in [-0.2, 0) is 11.3 Å². The van der Waals surface area contributed by atoms with Crippen LogP contribution in [-0.4, -0.2) is 49.6 Å². The SMILES string of the molecule is CCCOc1cc(C)ccc1CN=C(NCC)NCC(=O)N1CCCCC1. The first-order valence-corrected chi connectivity index (χ1v) is 10.2. The van der Waals surface area contributed by atoms with E-state index in [-0.39, 0.29) is 12.5 Å². The highest BCUT2D eigenvalue weighted by Gasteiger charge is 2.16. The lowest BCUT2D eigenvalue weighted by Crippen LogP contribution is -2.46. The Morgan fingerprint density at radius 1 is 1.19 bits per heavy atom. The minimum absolute atomic E-state index is 0.141. The van der Waals surface area contributed by atoms with Crippen molar-refractivity contribution >= 4 is 11.9 Å². The van der Waals surface area contributed by atoms with E-state index in [0.717, 1.165) is 50.2 Å². The van der Waals surface area contributed by atoms with Crippen LogP contribution in [0.4, 0.5) is 0 Å². The van der Waals surface area contributed by atoms with E-state index < -0.39 is 0 Å². The second-order valence-electron chi connectivity index (χ2n) is 6.95. The number of guanidine groups is 1. The van der Waals surface area contributed by atoms with Gasteiger partial charge in [0.2, 0.25) is 5.91 Å². The lowest BCUT2D eigenvalue weighted by Gasteiger charge is -2.27. The maximum absolute atomic E-state index is 12.4. The van der Waals surface area contributed by atoms with Gasteiger partial charge in [-0.05, 0) is 51.2 Å². The van der Waals surface area contributed by atoms with Crippen molar-refractivity contribution in [2.45, 2.75) is 53.0 Å². The standard InChI is InChI=1S/C21H34N4O2/c1-4-13-27-19-14-17(3)9-10-18(19)15-23-21(22-5-2)24-16-20(26)25-11-7-6-8-12-25/h9-10,14H,4-8,11-13,15-16H2,1-3H3,(H2,22,23,24). The van der Waals surface area contributed by atoms with Gasteiger partial charge in [0, 0.05) is 25.2 Å². The van der Waals surface area contributed by atoms with Crippen LogP contribution in [0.15, 0.2) is 23.2 Å². The molecule has 1 saturated heterocycles. The Balaban J connectivity index is 1.97. The minimum Gasteiger partial charge on any atom is -0.493 e. The molecule has 0 atom stereocenters. The van der Waals surface area contributed by atoms with Gasteiger partial charge in [-0.2, -0.15) is 0 Å². The molecule has 1 aromatic rings. The molecule has 0 saturated carbocycles. The average molecular weight is 375 g/mol. The Morgan fingerprint density at radius 3 is 2.67 bits per heavy atom. The second kappa shape index (κ2) is 11.5. The number of amides is 1. The molecule has 0 radical (unpaired) electrons. The number of rotatable bonds is 8. The Morgan fingerprint density at radius 2 is 1.96 bits per heavy atom. The Labute approximate surface area is 163 Å². The van der Waals surface area contributed by atoms with Crippen molar-refractivity contribution < 1.29 is 9.53 Å². The normalized spacial score (nSPS) is 14.8. The van der Waals surface area contributed by atoms with Gasteiger partial charge in [0.05, 0.1) is 19.7 Å². The van der Waals surface area contributed by atoms with E-state index in [9.17, 15) is 4.79 Å². The summed E-state index contributed by atoms with van der Waals surface area (Å²) in [6, 6.07) is 6.19. The van der Waals surface area contributed by atoms with E-state index in [1.165, 1.54) is 12.0 Å². The number of carbonyl (C=O) groups excluding carboxylic acids is 1. The first-order chi connectivity index (χ1) is 13.1. The van der Waals surface area contributed by atoms with Gasteiger partial charge in [0.1, 0.15) is 5.75 Å². The summed E-state index contributed by atoms with van der Waals surface area (Å²) in [4.78, 5) is 18.9. The molecule has 0 unspecified atom stereocenters. The average Bonchev–Trinajstić information content (AvgIpc) is 2.69. The molecule has 1 amide bonds. The van der Waals surface area contributed by atoms with Gasteiger partial charge in [0.15, 0.2) is 5.96 Å². The topological polar surface area (TPSA) is 66.0 Å². The predicted molar refractivity (Wildman–Crippen MR) is 110 cm³/mol. The molecule has 6 nitrogen and oxygen atoms in total. The third-order valence-electron chi connectivity index (χ3n) is 4.55. The summed E-state index contributed by atoms with van der Waals surface area (Å²) in [6.45, 7) is 10.1. The maximum atomic E-state index is 12.4. The number of carbonyl (C=O) groups is 1. The highest BCUT2D eigenvalue weighted by molar-refractivity contribution is 5.86. The smallest absolute Gasteiger partial charge is 0.241 e. The number of nitrogens with one attached hydrogen (secondary N) is 2. The molecule has 2 rings (SSSR count). The van der Waals surface area contributed by atoms with Crippen molar-refractivity contribution in [3.05, 3.63) is 29.3 Å². The van der Waals surface area contributed by atoms with Gasteiger partial charge >= 0.3 is 0 Å². The summed E-state index contributed by atoms with van der Waals surface area (Å²) < 4.78 is 5.87. The fourth-order valence-corrected chi connectivity index (χ4v) is 3.06. The Kier molecular flexibility index (Phi) is 8.95. The molecule has 6 heteroatoms. The number of likely N-dealkylation sites (tertiary alicyclic amines) is 1. The van der Waals surface area contributed by atoms with Crippen molar-refractivity contribution in [3.63, 3.8) is 0 Å². The summed E-state index contributed by atoms with van der Waals surface area (Å²) in [7, 11) is 0. The van der Waals surface area contributed by atoms with Crippen molar-refractivity contribution in [1.82, 2.24) is 15.5 Å². The van der Waals surface area contributed by atoms with E-state index in [1.54, 1.807) is 0 Å². The van der Waals surface area contributed by atoms with E-state index in [2.05, 4.69) is 47.7 Å². The van der Waals surface area contributed by atoms with Gasteiger partial charge in [-0.15, -0.1) is 0 Å². The highest BCUT2D eigenvalue weighted by Crippen LogP contribution is 2.21. The van der Waals surface area contributed by atoms with Crippen LogP contribution in [0.25, 0.3) is 0 Å². The molecule has 0 spiro atoms. The zero-order valence-corrected chi connectivity index (χ0v) is 17.0. The van der Waals surface area contributed by atoms with Crippen LogP contribution >= 0.6 is 0 Å². The summed E-state index contributed by atoms with van der Waals surface area (Å²) in [5.74, 6) is 1.69. The third kappa shape index (κ3) is 7.12. The quantitative estimate of drug-likeness (QED) is 0.542. The molecular formula is C21H34N4O2. The van der Waals surface area contributed by atoms with Crippen molar-refractivity contribution in [1.29, 1.82) is 0 Å². The number of ether oxygens (including phenoxy) is 1. The molecule has 0 aromatic heterocycles. The third-order valence-corrected chi connectivity index (χ3v) is 4.55. The molecule has 2 N–H and O–H groups in total. The molecule has 27 heavy (non-hydrogen) atoms. The van der Waals surface area contributed by atoms with Gasteiger partial charge in [-0.25, -0.2) is 4.99 Å². The first kappa shape index (κ1) is 21.1. The van der Waals surface area contributed by atoms with E-state index in [0.29, 0.717) is 19.1 Å². The van der Waals surface area contributed by atoms with Crippen LogP contribution in [0.1, 0.15) is 50.7 Å². The lowest BCUT2D eigenvalue weighted by atomic mass is 10.1. The van der Waals surface area contributed by atoms with Crippen LogP contribution in [0.5, 0.6) is 5.75 Å². The zero-order chi connectivity index (χ0) is 19.5. The van der Waals surface area contributed by atoms with Crippen LogP contribution in [0.3, 0.4) is 0 Å². The van der Waals surface area contributed by atoms with Gasteiger partial charge < -0.3 is 20.3 Å². The summed E-state index contributed by atoms with van der Waals surface area (Å²) in [5, 5.41) is 6.38. The summed E-state index contributed by atoms with van der Waals surface area (Å²) in [6.07, 6.45) is 4.40. The Bertz CT molecular complexity index is 625. The predicted octanol–water partition coefficient (Wildman–Crippen LogP) is 2.85. The number of aliphatic imine (C=N–C) groups is 1. The first-order valence-electron chi connectivity index (χ1n) is 10.2. The van der Waals surface area contributed by atoms with Crippen molar-refractivity contribution in [2.75, 3.05) is 32.8 Å². The summed E-state index contributed by atoms with van der Waals surface area (Å²) >= 11 is 0. The molecule has 0 bridgehead atoms. The molecular weight excluding hydrogens is 340 g/mol. The molecule has 1 aliphatic heterocycles. The van der Waals surface area contributed by atoms with E-state index in [4.69, 9.17) is 4.74 Å². The van der Waals surface area contributed by atoms with Crippen molar-refractivity contribution in [2.24, 2.45) is 4.99 Å². The van der Waals surface area contributed by atoms with E-state index in [1.807, 2.05) is 11.8 Å². The van der Waals surface area contributed by atoms with Crippen LogP contribution in [0.2, 0.25) is 0 Å². The molecule has 150 valence electrons. The molecule has 0 aliphatic carbocycles. The van der Waals surface area contributed by atoms with Crippen LogP contribution < -0.4 is 15.4 Å². The zero-order valence-electron chi connectivity index (χ0n) is 17.0. The van der Waals surface area contributed by atoms with Crippen LogP contribution in [0, 0.1) is 6.92 Å². The minimum atomic E-state index is 0.141. The number of benzene rings is 1. The molecule has 1 fully saturated rings. The largest absolute Gasteiger partial charge is 0.493 e. The number of piperidine rings is 1. The fourth-order valence-electron chi connectivity index (χ4n) is 3.06. The maximum Gasteiger partial charge on any atom is 0.241 e. The molecule has 1 heterocycles. The van der Waals surface area contributed by atoms with Crippen molar-refractivity contribution in [3.8, 4) is 5.75 Å². The fraction of sp³-hybridized carbons (Fsp3) is 0.619. The van der Waals surface area contributed by atoms with Gasteiger partial charge in [-0.3, -0.25) is 4.79 Å². The van der Waals surface area contributed by atoms with Gasteiger partial charge in [0.25, 0.3) is 0 Å². The number of aryl methyl sites for hydroxylation is 1. The molecule has 1 aromatic carbocycles. The Hall–Kier alpha value is -2.24. The van der Waals surface area contributed by atoms with Gasteiger partial charge in [-0.1, -0.05) is 19.1 Å². The second-order valence-corrected chi connectivity index (χ2v) is 6.95. The monoisotopic (exact) mass is 374 g/mol. The molecule has 1 aliphatic rings. The number of hydrogen-bond acceptors (Lipinski definition) is 3. The number of hydrogen-bond donors (Lipinski definition) is 2. The van der Waals surface area contributed by atoms with E-state index >= 15 is 0 Å². The highest BCUT2D eigenvalue weighted by atomic mass is 16.5.